The fraction of sp³-hybridized carbons (Fsp3) is 0.278. The second kappa shape index (κ2) is 5.81. The molecule has 0 aliphatic carbocycles. The van der Waals surface area contributed by atoms with Gasteiger partial charge in [0, 0.05) is 5.69 Å². The molecular formula is C18H20N2O2. The zero-order chi connectivity index (χ0) is 15.7. The number of hydrogen-bond donors (Lipinski definition) is 1. The quantitative estimate of drug-likeness (QED) is 0.883. The van der Waals surface area contributed by atoms with Gasteiger partial charge in [0.15, 0.2) is 0 Å². The summed E-state index contributed by atoms with van der Waals surface area (Å²) in [4.78, 5) is 14.0. The first-order valence-corrected chi connectivity index (χ1v) is 7.47. The van der Waals surface area contributed by atoms with Crippen LogP contribution in [-0.2, 0) is 11.2 Å². The molecule has 0 spiro atoms. The minimum Gasteiger partial charge on any atom is -0.497 e. The number of anilines is 1. The summed E-state index contributed by atoms with van der Waals surface area (Å²) in [6.45, 7) is 2.11. The summed E-state index contributed by atoms with van der Waals surface area (Å²) in [7, 11) is 1.63. The zero-order valence-corrected chi connectivity index (χ0v) is 12.8. The molecule has 1 heterocycles. The number of amides is 1. The molecule has 2 atom stereocenters. The number of carbonyl (C=O) groups is 1. The Hall–Kier alpha value is -2.33. The molecule has 2 N–H and O–H groups in total. The minimum absolute atomic E-state index is 0.0370. The third kappa shape index (κ3) is 2.35. The second-order valence-corrected chi connectivity index (χ2v) is 5.47. The van der Waals surface area contributed by atoms with Crippen molar-refractivity contribution in [1.29, 1.82) is 0 Å². The lowest BCUT2D eigenvalue weighted by molar-refractivity contribution is -0.126. The van der Waals surface area contributed by atoms with Gasteiger partial charge in [-0.2, -0.15) is 0 Å². The molecule has 2 aromatic rings. The van der Waals surface area contributed by atoms with Crippen LogP contribution in [0.4, 0.5) is 5.69 Å². The summed E-state index contributed by atoms with van der Waals surface area (Å²) in [5, 5.41) is 0. The standard InChI is InChI=1S/C18H20N2O2/c1-3-12-4-8-14(9-5-12)20-17(16(19)18(20)21)13-6-10-15(22-2)11-7-13/h4-11,16-17H,3,19H2,1-2H3/t16-,17-/m1/s1. The summed E-state index contributed by atoms with van der Waals surface area (Å²) in [6.07, 6.45) is 0.982. The van der Waals surface area contributed by atoms with E-state index in [9.17, 15) is 4.79 Å². The van der Waals surface area contributed by atoms with E-state index in [4.69, 9.17) is 10.5 Å². The van der Waals surface area contributed by atoms with Gasteiger partial charge in [0.05, 0.1) is 13.2 Å². The highest BCUT2D eigenvalue weighted by Crippen LogP contribution is 2.38. The van der Waals surface area contributed by atoms with Gasteiger partial charge in [-0.3, -0.25) is 4.79 Å². The highest BCUT2D eigenvalue weighted by atomic mass is 16.5. The van der Waals surface area contributed by atoms with Crippen LogP contribution in [0.5, 0.6) is 5.75 Å². The van der Waals surface area contributed by atoms with Crippen molar-refractivity contribution in [3.63, 3.8) is 0 Å². The number of ether oxygens (including phenoxy) is 1. The molecule has 0 bridgehead atoms. The van der Waals surface area contributed by atoms with E-state index in [-0.39, 0.29) is 11.9 Å². The van der Waals surface area contributed by atoms with Crippen LogP contribution in [0, 0.1) is 0 Å². The number of aryl methyl sites for hydroxylation is 1. The Bertz CT molecular complexity index is 664. The molecule has 4 heteroatoms. The molecule has 2 aromatic carbocycles. The molecule has 0 aromatic heterocycles. The average Bonchev–Trinajstić information content (AvgIpc) is 2.59. The lowest BCUT2D eigenvalue weighted by Gasteiger charge is -2.45. The van der Waals surface area contributed by atoms with E-state index >= 15 is 0 Å². The highest BCUT2D eigenvalue weighted by Gasteiger charge is 2.46. The SMILES string of the molecule is CCc1ccc(N2C(=O)[C@H](N)[C@H]2c2ccc(OC)cc2)cc1. The lowest BCUT2D eigenvalue weighted by atomic mass is 9.88. The van der Waals surface area contributed by atoms with Gasteiger partial charge in [0.1, 0.15) is 11.8 Å². The Morgan fingerprint density at radius 1 is 1.09 bits per heavy atom. The Kier molecular flexibility index (Phi) is 3.86. The number of nitrogens with zero attached hydrogens (tertiary/aromatic N) is 1. The fourth-order valence-electron chi connectivity index (χ4n) is 2.85. The lowest BCUT2D eigenvalue weighted by Crippen LogP contribution is -2.63. The number of nitrogens with two attached hydrogens (primary N) is 1. The van der Waals surface area contributed by atoms with Crippen molar-refractivity contribution in [2.75, 3.05) is 12.0 Å². The predicted molar refractivity (Wildman–Crippen MR) is 87.0 cm³/mol. The molecule has 1 fully saturated rings. The Morgan fingerprint density at radius 3 is 2.27 bits per heavy atom. The number of β-lactam (4-membered cyclic amide) rings is 1. The molecule has 22 heavy (non-hydrogen) atoms. The molecule has 1 amide bonds. The van der Waals surface area contributed by atoms with Crippen LogP contribution in [0.3, 0.4) is 0 Å². The summed E-state index contributed by atoms with van der Waals surface area (Å²) in [6, 6.07) is 15.2. The van der Waals surface area contributed by atoms with Crippen LogP contribution < -0.4 is 15.4 Å². The first-order chi connectivity index (χ1) is 10.7. The van der Waals surface area contributed by atoms with Crippen molar-refractivity contribution in [3.05, 3.63) is 59.7 Å². The van der Waals surface area contributed by atoms with Gasteiger partial charge in [-0.05, 0) is 41.8 Å². The van der Waals surface area contributed by atoms with Crippen LogP contribution in [0.1, 0.15) is 24.1 Å². The Balaban J connectivity index is 1.89. The second-order valence-electron chi connectivity index (χ2n) is 5.47. The summed E-state index contributed by atoms with van der Waals surface area (Å²) >= 11 is 0. The van der Waals surface area contributed by atoms with E-state index < -0.39 is 6.04 Å². The van der Waals surface area contributed by atoms with Crippen molar-refractivity contribution < 1.29 is 9.53 Å². The van der Waals surface area contributed by atoms with Crippen LogP contribution in [0.15, 0.2) is 48.5 Å². The van der Waals surface area contributed by atoms with Gasteiger partial charge in [-0.15, -0.1) is 0 Å². The topological polar surface area (TPSA) is 55.6 Å². The number of carbonyl (C=O) groups excluding carboxylic acids is 1. The van der Waals surface area contributed by atoms with Crippen LogP contribution in [-0.4, -0.2) is 19.1 Å². The molecule has 114 valence electrons. The minimum atomic E-state index is -0.487. The average molecular weight is 296 g/mol. The van der Waals surface area contributed by atoms with Crippen LogP contribution >= 0.6 is 0 Å². The molecule has 0 unspecified atom stereocenters. The normalized spacial score (nSPS) is 20.7. The largest absolute Gasteiger partial charge is 0.497 e. The zero-order valence-electron chi connectivity index (χ0n) is 12.8. The van der Waals surface area contributed by atoms with E-state index in [1.54, 1.807) is 12.0 Å². The molecule has 0 saturated carbocycles. The van der Waals surface area contributed by atoms with E-state index in [0.717, 1.165) is 23.4 Å². The van der Waals surface area contributed by atoms with Gasteiger partial charge in [0.25, 0.3) is 0 Å². The number of methoxy groups -OCH3 is 1. The van der Waals surface area contributed by atoms with Gasteiger partial charge in [-0.25, -0.2) is 0 Å². The van der Waals surface area contributed by atoms with Gasteiger partial charge in [-0.1, -0.05) is 31.2 Å². The molecule has 1 aliphatic heterocycles. The number of benzene rings is 2. The van der Waals surface area contributed by atoms with Crippen LogP contribution in [0.25, 0.3) is 0 Å². The first kappa shape index (κ1) is 14.6. The monoisotopic (exact) mass is 296 g/mol. The highest BCUT2D eigenvalue weighted by molar-refractivity contribution is 6.05. The van der Waals surface area contributed by atoms with Crippen molar-refractivity contribution in [2.45, 2.75) is 25.4 Å². The van der Waals surface area contributed by atoms with Crippen LogP contribution in [0.2, 0.25) is 0 Å². The Labute approximate surface area is 130 Å². The molecule has 1 saturated heterocycles. The van der Waals surface area contributed by atoms with E-state index in [2.05, 4.69) is 19.1 Å². The van der Waals surface area contributed by atoms with Crippen molar-refractivity contribution >= 4 is 11.6 Å². The van der Waals surface area contributed by atoms with E-state index in [1.807, 2.05) is 36.4 Å². The van der Waals surface area contributed by atoms with Crippen molar-refractivity contribution in [2.24, 2.45) is 5.73 Å². The third-order valence-electron chi connectivity index (χ3n) is 4.22. The Morgan fingerprint density at radius 2 is 1.73 bits per heavy atom. The number of rotatable bonds is 4. The molecule has 0 radical (unpaired) electrons. The third-order valence-corrected chi connectivity index (χ3v) is 4.22. The first-order valence-electron chi connectivity index (χ1n) is 7.47. The van der Waals surface area contributed by atoms with Gasteiger partial charge in [0.2, 0.25) is 5.91 Å². The fourth-order valence-corrected chi connectivity index (χ4v) is 2.85. The van der Waals surface area contributed by atoms with Crippen molar-refractivity contribution in [1.82, 2.24) is 0 Å². The maximum atomic E-state index is 12.2. The summed E-state index contributed by atoms with van der Waals surface area (Å²) < 4.78 is 5.17. The number of hydrogen-bond acceptors (Lipinski definition) is 3. The summed E-state index contributed by atoms with van der Waals surface area (Å²) in [5.74, 6) is 0.756. The maximum absolute atomic E-state index is 12.2. The van der Waals surface area contributed by atoms with Gasteiger partial charge < -0.3 is 15.4 Å². The van der Waals surface area contributed by atoms with E-state index in [1.165, 1.54) is 5.56 Å². The molecule has 4 nitrogen and oxygen atoms in total. The predicted octanol–water partition coefficient (Wildman–Crippen LogP) is 2.67. The molecule has 1 aliphatic rings. The smallest absolute Gasteiger partial charge is 0.247 e. The van der Waals surface area contributed by atoms with Crippen molar-refractivity contribution in [3.8, 4) is 5.75 Å². The molecule has 3 rings (SSSR count). The molecular weight excluding hydrogens is 276 g/mol. The van der Waals surface area contributed by atoms with Gasteiger partial charge >= 0.3 is 0 Å². The van der Waals surface area contributed by atoms with E-state index in [0.29, 0.717) is 0 Å². The maximum Gasteiger partial charge on any atom is 0.247 e. The summed E-state index contributed by atoms with van der Waals surface area (Å²) in [5.41, 5.74) is 9.20.